The number of aryl methyl sites for hydroxylation is 1. The van der Waals surface area contributed by atoms with Gasteiger partial charge in [-0.2, -0.15) is 0 Å². The van der Waals surface area contributed by atoms with Crippen LogP contribution in [-0.2, 0) is 22.4 Å². The summed E-state index contributed by atoms with van der Waals surface area (Å²) < 4.78 is 0. The number of hydrogen-bond acceptors (Lipinski definition) is 2. The van der Waals surface area contributed by atoms with Crippen molar-refractivity contribution in [1.82, 2.24) is 0 Å². The number of Topliss-reactive ketones (excluding diaryl/α,β-unsaturated/α-hetero) is 1. The van der Waals surface area contributed by atoms with E-state index in [1.807, 2.05) is 60.7 Å². The molecule has 0 heterocycles. The third-order valence-corrected chi connectivity index (χ3v) is 3.71. The maximum atomic E-state index is 12.3. The zero-order valence-electron chi connectivity index (χ0n) is 11.7. The molecule has 2 aromatic rings. The Labute approximate surface area is 129 Å². The summed E-state index contributed by atoms with van der Waals surface area (Å²) in [6, 6.07) is 19.2. The Balaban J connectivity index is 1.98. The quantitative estimate of drug-likeness (QED) is 0.575. The minimum atomic E-state index is -0.752. The molecule has 0 spiro atoms. The van der Waals surface area contributed by atoms with Gasteiger partial charge < -0.3 is 0 Å². The van der Waals surface area contributed by atoms with Crippen LogP contribution in [-0.4, -0.2) is 11.0 Å². The van der Waals surface area contributed by atoms with E-state index in [2.05, 4.69) is 0 Å². The first-order chi connectivity index (χ1) is 10.2. The predicted octanol–water partition coefficient (Wildman–Crippen LogP) is 3.81. The molecule has 0 saturated carbocycles. The summed E-state index contributed by atoms with van der Waals surface area (Å²) in [6.07, 6.45) is 1.34. The van der Waals surface area contributed by atoms with Crippen molar-refractivity contribution in [2.75, 3.05) is 0 Å². The van der Waals surface area contributed by atoms with Crippen LogP contribution in [0.4, 0.5) is 0 Å². The average molecular weight is 301 g/mol. The first kappa shape index (κ1) is 15.5. The number of carbonyl (C=O) groups is 2. The van der Waals surface area contributed by atoms with Crippen molar-refractivity contribution in [3.8, 4) is 0 Å². The van der Waals surface area contributed by atoms with Gasteiger partial charge in [0.05, 0.1) is 5.92 Å². The Bertz CT molecular complexity index is 593. The van der Waals surface area contributed by atoms with Crippen LogP contribution in [0.15, 0.2) is 60.7 Å². The lowest BCUT2D eigenvalue weighted by Crippen LogP contribution is -2.23. The van der Waals surface area contributed by atoms with Gasteiger partial charge in [-0.05, 0) is 35.6 Å². The van der Waals surface area contributed by atoms with E-state index in [9.17, 15) is 9.59 Å². The van der Waals surface area contributed by atoms with E-state index in [4.69, 9.17) is 11.6 Å². The Kier molecular flexibility index (Phi) is 5.70. The number of hydrogen-bond donors (Lipinski definition) is 0. The van der Waals surface area contributed by atoms with Crippen LogP contribution in [0.25, 0.3) is 0 Å². The second-order valence-corrected chi connectivity index (χ2v) is 5.37. The molecule has 3 heteroatoms. The molecule has 0 aliphatic heterocycles. The summed E-state index contributed by atoms with van der Waals surface area (Å²) >= 11 is 5.61. The molecule has 0 aromatic heterocycles. The van der Waals surface area contributed by atoms with Crippen molar-refractivity contribution < 1.29 is 9.59 Å². The molecule has 2 aromatic carbocycles. The summed E-state index contributed by atoms with van der Waals surface area (Å²) in [7, 11) is 0. The largest absolute Gasteiger partial charge is 0.299 e. The zero-order chi connectivity index (χ0) is 15.1. The average Bonchev–Trinajstić information content (AvgIpc) is 2.52. The van der Waals surface area contributed by atoms with E-state index in [0.717, 1.165) is 11.1 Å². The number of ketones is 1. The molecule has 0 aliphatic carbocycles. The molecular formula is C18H17ClO2. The van der Waals surface area contributed by atoms with Gasteiger partial charge in [0.15, 0.2) is 0 Å². The fourth-order valence-corrected chi connectivity index (χ4v) is 2.46. The molecule has 1 unspecified atom stereocenters. The molecule has 0 N–H and O–H groups in total. The summed E-state index contributed by atoms with van der Waals surface area (Å²) in [5.74, 6) is -0.847. The number of rotatable bonds is 7. The van der Waals surface area contributed by atoms with E-state index in [-0.39, 0.29) is 5.78 Å². The predicted molar refractivity (Wildman–Crippen MR) is 84.3 cm³/mol. The third-order valence-electron chi connectivity index (χ3n) is 3.45. The molecule has 2 nitrogen and oxygen atoms in total. The van der Waals surface area contributed by atoms with Crippen molar-refractivity contribution in [3.63, 3.8) is 0 Å². The molecule has 0 radical (unpaired) electrons. The van der Waals surface area contributed by atoms with E-state index in [1.54, 1.807) is 0 Å². The van der Waals surface area contributed by atoms with Gasteiger partial charge >= 0.3 is 0 Å². The monoisotopic (exact) mass is 300 g/mol. The van der Waals surface area contributed by atoms with Gasteiger partial charge in [0.2, 0.25) is 5.24 Å². The Hall–Kier alpha value is -1.93. The van der Waals surface area contributed by atoms with Gasteiger partial charge in [0, 0.05) is 6.42 Å². The molecule has 0 aliphatic rings. The van der Waals surface area contributed by atoms with Crippen molar-refractivity contribution in [1.29, 1.82) is 0 Å². The molecule has 108 valence electrons. The number of halogens is 1. The fourth-order valence-electron chi connectivity index (χ4n) is 2.26. The van der Waals surface area contributed by atoms with E-state index >= 15 is 0 Å². The lowest BCUT2D eigenvalue weighted by atomic mass is 9.93. The minimum Gasteiger partial charge on any atom is -0.299 e. The third kappa shape index (κ3) is 4.83. The highest BCUT2D eigenvalue weighted by Gasteiger charge is 2.24. The SMILES string of the molecule is O=C(Cl)C(Cc1ccccc1)C(=O)CCc1ccccc1. The maximum Gasteiger partial charge on any atom is 0.232 e. The second-order valence-electron chi connectivity index (χ2n) is 5.00. The first-order valence-electron chi connectivity index (χ1n) is 6.96. The van der Waals surface area contributed by atoms with Crippen LogP contribution in [0.5, 0.6) is 0 Å². The molecular weight excluding hydrogens is 284 g/mol. The van der Waals surface area contributed by atoms with Gasteiger partial charge in [-0.1, -0.05) is 60.7 Å². The van der Waals surface area contributed by atoms with Crippen LogP contribution in [0.1, 0.15) is 17.5 Å². The molecule has 0 bridgehead atoms. The standard InChI is InChI=1S/C18H17ClO2/c19-18(21)16(13-15-9-5-2-6-10-15)17(20)12-11-14-7-3-1-4-8-14/h1-10,16H,11-13H2. The summed E-state index contributed by atoms with van der Waals surface area (Å²) in [5.41, 5.74) is 2.04. The van der Waals surface area contributed by atoms with Crippen molar-refractivity contribution in [3.05, 3.63) is 71.8 Å². The normalized spacial score (nSPS) is 11.9. The smallest absolute Gasteiger partial charge is 0.232 e. The van der Waals surface area contributed by atoms with E-state index < -0.39 is 11.2 Å². The lowest BCUT2D eigenvalue weighted by molar-refractivity contribution is -0.128. The Morgan fingerprint density at radius 2 is 1.38 bits per heavy atom. The van der Waals surface area contributed by atoms with Crippen LogP contribution < -0.4 is 0 Å². The fraction of sp³-hybridized carbons (Fsp3) is 0.222. The first-order valence-corrected chi connectivity index (χ1v) is 7.34. The zero-order valence-corrected chi connectivity index (χ0v) is 12.4. The van der Waals surface area contributed by atoms with Crippen molar-refractivity contribution in [2.24, 2.45) is 5.92 Å². The van der Waals surface area contributed by atoms with Gasteiger partial charge in [0.25, 0.3) is 0 Å². The molecule has 21 heavy (non-hydrogen) atoms. The number of carbonyl (C=O) groups excluding carboxylic acids is 2. The van der Waals surface area contributed by atoms with Gasteiger partial charge in [-0.15, -0.1) is 0 Å². The lowest BCUT2D eigenvalue weighted by Gasteiger charge is -2.11. The number of benzene rings is 2. The minimum absolute atomic E-state index is 0.0947. The van der Waals surface area contributed by atoms with Crippen LogP contribution >= 0.6 is 11.6 Å². The topological polar surface area (TPSA) is 34.1 Å². The molecule has 0 saturated heterocycles. The molecule has 0 amide bonds. The highest BCUT2D eigenvalue weighted by atomic mass is 35.5. The Morgan fingerprint density at radius 1 is 0.857 bits per heavy atom. The summed E-state index contributed by atoms with van der Waals surface area (Å²) in [6.45, 7) is 0. The van der Waals surface area contributed by atoms with Gasteiger partial charge in [0.1, 0.15) is 5.78 Å². The van der Waals surface area contributed by atoms with E-state index in [0.29, 0.717) is 19.3 Å². The molecule has 0 fully saturated rings. The summed E-state index contributed by atoms with van der Waals surface area (Å²) in [5, 5.41) is -0.572. The highest BCUT2D eigenvalue weighted by Crippen LogP contribution is 2.16. The Morgan fingerprint density at radius 3 is 1.90 bits per heavy atom. The van der Waals surface area contributed by atoms with Crippen LogP contribution in [0, 0.1) is 5.92 Å². The van der Waals surface area contributed by atoms with Crippen LogP contribution in [0.2, 0.25) is 0 Å². The van der Waals surface area contributed by atoms with Crippen LogP contribution in [0.3, 0.4) is 0 Å². The highest BCUT2D eigenvalue weighted by molar-refractivity contribution is 6.65. The van der Waals surface area contributed by atoms with Crippen molar-refractivity contribution in [2.45, 2.75) is 19.3 Å². The second kappa shape index (κ2) is 7.75. The molecule has 2 rings (SSSR count). The van der Waals surface area contributed by atoms with E-state index in [1.165, 1.54) is 0 Å². The summed E-state index contributed by atoms with van der Waals surface area (Å²) in [4.78, 5) is 23.8. The molecule has 1 atom stereocenters. The van der Waals surface area contributed by atoms with Gasteiger partial charge in [-0.25, -0.2) is 0 Å². The van der Waals surface area contributed by atoms with Crippen molar-refractivity contribution >= 4 is 22.6 Å². The maximum absolute atomic E-state index is 12.3. The van der Waals surface area contributed by atoms with Gasteiger partial charge in [-0.3, -0.25) is 9.59 Å².